The molecule has 0 saturated heterocycles. The Kier molecular flexibility index (Phi) is 9.45. The average molecular weight is 525 g/mol. The summed E-state index contributed by atoms with van der Waals surface area (Å²) in [4.78, 5) is 0. The van der Waals surface area contributed by atoms with E-state index in [0.29, 0.717) is 46.7 Å². The minimum atomic E-state index is 0. The lowest BCUT2D eigenvalue weighted by atomic mass is 9.92. The van der Waals surface area contributed by atoms with E-state index < -0.39 is 0 Å². The van der Waals surface area contributed by atoms with Gasteiger partial charge in [0.2, 0.25) is 0 Å². The Bertz CT molecular complexity index is 832. The van der Waals surface area contributed by atoms with Crippen molar-refractivity contribution in [2.45, 2.75) is 38.0 Å². The molecule has 4 N–H and O–H groups in total. The number of alkyl halides is 2. The van der Waals surface area contributed by atoms with E-state index in [1.165, 1.54) is 5.56 Å². The van der Waals surface area contributed by atoms with Gasteiger partial charge in [0.25, 0.3) is 0 Å². The Balaban J connectivity index is 0.000000213. The molecule has 4 rings (SSSR count). The number of hydrogen-bond donors (Lipinski definition) is 2. The maximum Gasteiger partial charge on any atom is 0.0595 e. The van der Waals surface area contributed by atoms with Crippen LogP contribution < -0.4 is 11.5 Å². The summed E-state index contributed by atoms with van der Waals surface area (Å²) in [5.41, 5.74) is 15.4. The maximum absolute atomic E-state index is 6.01. The first-order chi connectivity index (χ1) is 14.3. The quantitative estimate of drug-likeness (QED) is 0.393. The van der Waals surface area contributed by atoms with Crippen LogP contribution in [0.15, 0.2) is 36.4 Å². The fourth-order valence-corrected chi connectivity index (χ4v) is 5.59. The summed E-state index contributed by atoms with van der Waals surface area (Å²) in [6.07, 6.45) is 2.15. The van der Waals surface area contributed by atoms with E-state index >= 15 is 0 Å². The summed E-state index contributed by atoms with van der Waals surface area (Å²) in [5, 5.41) is 1.98. The maximum atomic E-state index is 6.01. The molecule has 4 atom stereocenters. The zero-order chi connectivity index (χ0) is 22.1. The molecule has 7 heteroatoms. The predicted octanol–water partition coefficient (Wildman–Crippen LogP) is 7.19. The third-order valence-corrected chi connectivity index (χ3v) is 8.70. The summed E-state index contributed by atoms with van der Waals surface area (Å²) in [7, 11) is 0. The molecule has 0 unspecified atom stereocenters. The minimum absolute atomic E-state index is 0. The highest BCUT2D eigenvalue weighted by Gasteiger charge is 2.54. The second kappa shape index (κ2) is 10.8. The number of hydrogen-bond acceptors (Lipinski definition) is 2. The first kappa shape index (κ1) is 27.1. The fourth-order valence-electron chi connectivity index (χ4n) is 4.37. The molecule has 0 bridgehead atoms. The van der Waals surface area contributed by atoms with Crippen LogP contribution in [0.1, 0.15) is 37.0 Å². The van der Waals surface area contributed by atoms with E-state index in [0.717, 1.165) is 29.0 Å². The lowest BCUT2D eigenvalue weighted by molar-refractivity contribution is 0.644. The van der Waals surface area contributed by atoms with Crippen LogP contribution in [0.25, 0.3) is 0 Å². The van der Waals surface area contributed by atoms with Gasteiger partial charge >= 0.3 is 0 Å². The number of nitrogens with two attached hydrogens (primary N) is 2. The van der Waals surface area contributed by atoms with Gasteiger partial charge in [-0.05, 0) is 66.5 Å². The molecular weight excluding hydrogens is 494 g/mol. The molecule has 31 heavy (non-hydrogen) atoms. The summed E-state index contributed by atoms with van der Waals surface area (Å²) >= 11 is 29.6. The van der Waals surface area contributed by atoms with Crippen molar-refractivity contribution < 1.29 is 0 Å². The number of benzene rings is 2. The zero-order valence-electron chi connectivity index (χ0n) is 16.9. The lowest BCUT2D eigenvalue weighted by Gasteiger charge is -2.16. The molecule has 0 amide bonds. The Morgan fingerprint density at radius 2 is 1.23 bits per heavy atom. The van der Waals surface area contributed by atoms with Gasteiger partial charge < -0.3 is 11.5 Å². The van der Waals surface area contributed by atoms with E-state index in [-0.39, 0.29) is 18.3 Å². The first-order valence-corrected chi connectivity index (χ1v) is 12.2. The van der Waals surface area contributed by atoms with Crippen molar-refractivity contribution in [1.82, 2.24) is 0 Å². The number of rotatable bonds is 6. The molecule has 0 heterocycles. The molecular formula is C24H31Cl5N2. The number of aryl methyl sites for hydroxylation is 1. The Hall–Kier alpha value is -0.190. The van der Waals surface area contributed by atoms with Gasteiger partial charge in [-0.2, -0.15) is 0 Å². The summed E-state index contributed by atoms with van der Waals surface area (Å²) in [6, 6.07) is 11.9. The molecule has 2 aliphatic rings. The van der Waals surface area contributed by atoms with Crippen LogP contribution in [0.2, 0.25) is 15.1 Å². The van der Waals surface area contributed by atoms with Crippen molar-refractivity contribution >= 4 is 58.0 Å². The van der Waals surface area contributed by atoms with Crippen LogP contribution in [-0.2, 0) is 10.8 Å². The molecule has 0 aliphatic heterocycles. The van der Waals surface area contributed by atoms with Crippen molar-refractivity contribution in [2.24, 2.45) is 23.3 Å². The summed E-state index contributed by atoms with van der Waals surface area (Å²) in [6.45, 7) is 3.31. The van der Waals surface area contributed by atoms with Crippen molar-refractivity contribution in [3.63, 3.8) is 0 Å². The summed E-state index contributed by atoms with van der Waals surface area (Å²) < 4.78 is 0. The van der Waals surface area contributed by atoms with Gasteiger partial charge in [-0.3, -0.25) is 0 Å². The Labute approximate surface area is 211 Å². The lowest BCUT2D eigenvalue weighted by Crippen LogP contribution is -2.23. The van der Waals surface area contributed by atoms with E-state index in [2.05, 4.69) is 12.1 Å². The van der Waals surface area contributed by atoms with Crippen LogP contribution in [-0.4, -0.2) is 24.8 Å². The van der Waals surface area contributed by atoms with Crippen LogP contribution in [0.5, 0.6) is 0 Å². The van der Waals surface area contributed by atoms with Gasteiger partial charge in [0.15, 0.2) is 0 Å². The third kappa shape index (κ3) is 5.32. The highest BCUT2D eigenvalue weighted by molar-refractivity contribution is 6.42. The van der Waals surface area contributed by atoms with Crippen molar-refractivity contribution in [1.29, 1.82) is 0 Å². The number of halogens is 5. The smallest absolute Gasteiger partial charge is 0.0595 e. The third-order valence-electron chi connectivity index (χ3n) is 6.79. The molecule has 2 aliphatic carbocycles. The molecule has 2 nitrogen and oxygen atoms in total. The highest BCUT2D eigenvalue weighted by Crippen LogP contribution is 2.55. The minimum Gasteiger partial charge on any atom is -0.330 e. The second-order valence-electron chi connectivity index (χ2n) is 8.42. The molecule has 172 valence electrons. The topological polar surface area (TPSA) is 52.0 Å². The van der Waals surface area contributed by atoms with E-state index in [9.17, 15) is 0 Å². The standard InChI is InChI=1S/C12H15Cl2N.C11H12Cl3N.CH4/c1-8-4-9(2-3-11(8)14)12(7-15)5-10(12)6-13;12-5-8-4-11(8,6-15)7-1-2-9(13)10(14)3-7;/h2-4,10H,5-7,15H2,1H3;1-3,8H,4-6,15H2;1H4/t10-,12+;8-,11-;/m00./s1. The van der Waals surface area contributed by atoms with Gasteiger partial charge in [0, 0.05) is 40.7 Å². The molecule has 2 aromatic rings. The molecule has 2 aromatic carbocycles. The average Bonchev–Trinajstić information content (AvgIpc) is 3.65. The van der Waals surface area contributed by atoms with Crippen LogP contribution in [0, 0.1) is 18.8 Å². The van der Waals surface area contributed by atoms with Crippen molar-refractivity contribution in [2.75, 3.05) is 24.8 Å². The monoisotopic (exact) mass is 522 g/mol. The molecule has 0 spiro atoms. The highest BCUT2D eigenvalue weighted by atomic mass is 35.5. The zero-order valence-corrected chi connectivity index (χ0v) is 20.7. The molecule has 2 fully saturated rings. The van der Waals surface area contributed by atoms with Crippen LogP contribution in [0.3, 0.4) is 0 Å². The molecule has 0 radical (unpaired) electrons. The van der Waals surface area contributed by atoms with Crippen molar-refractivity contribution in [3.8, 4) is 0 Å². The molecule has 2 saturated carbocycles. The second-order valence-corrected chi connectivity index (χ2v) is 10.3. The Morgan fingerprint density at radius 3 is 1.58 bits per heavy atom. The van der Waals surface area contributed by atoms with E-state index in [1.54, 1.807) is 0 Å². The van der Waals surface area contributed by atoms with E-state index in [4.69, 9.17) is 69.5 Å². The van der Waals surface area contributed by atoms with Crippen LogP contribution >= 0.6 is 58.0 Å². The van der Waals surface area contributed by atoms with Gasteiger partial charge in [0.1, 0.15) is 0 Å². The Morgan fingerprint density at radius 1 is 0.774 bits per heavy atom. The van der Waals surface area contributed by atoms with Gasteiger partial charge in [-0.15, -0.1) is 23.2 Å². The van der Waals surface area contributed by atoms with Crippen molar-refractivity contribution in [3.05, 3.63) is 68.2 Å². The SMILES string of the molecule is C.Cc1cc([C@]2(CN)C[C@H]2CCl)ccc1Cl.NC[C@]1(c2ccc(Cl)c(Cl)c2)C[C@H]1CCl. The predicted molar refractivity (Wildman–Crippen MR) is 139 cm³/mol. The van der Waals surface area contributed by atoms with Gasteiger partial charge in [-0.1, -0.05) is 60.4 Å². The van der Waals surface area contributed by atoms with E-state index in [1.807, 2.05) is 31.2 Å². The van der Waals surface area contributed by atoms with Gasteiger partial charge in [-0.25, -0.2) is 0 Å². The largest absolute Gasteiger partial charge is 0.330 e. The van der Waals surface area contributed by atoms with Crippen LogP contribution in [0.4, 0.5) is 0 Å². The van der Waals surface area contributed by atoms with Gasteiger partial charge in [0.05, 0.1) is 10.0 Å². The normalized spacial score (nSPS) is 28.3. The first-order valence-electron chi connectivity index (χ1n) is 10.0. The molecule has 0 aromatic heterocycles. The summed E-state index contributed by atoms with van der Waals surface area (Å²) in [5.74, 6) is 2.35. The fraction of sp³-hybridized carbons (Fsp3) is 0.500.